The summed E-state index contributed by atoms with van der Waals surface area (Å²) in [6.45, 7) is 7.04. The van der Waals surface area contributed by atoms with Gasteiger partial charge in [0.25, 0.3) is 0 Å². The van der Waals surface area contributed by atoms with Crippen LogP contribution in [0.3, 0.4) is 0 Å². The maximum Gasteiger partial charge on any atom is 0.334 e. The molecule has 35 heavy (non-hydrogen) atoms. The Morgan fingerprint density at radius 3 is 2.74 bits per heavy atom. The summed E-state index contributed by atoms with van der Waals surface area (Å²) in [4.78, 5) is 31.7. The van der Waals surface area contributed by atoms with E-state index in [0.29, 0.717) is 48.1 Å². The number of ether oxygens (including phenoxy) is 1. The van der Waals surface area contributed by atoms with Gasteiger partial charge in [-0.2, -0.15) is 0 Å². The van der Waals surface area contributed by atoms with Crippen LogP contribution in [-0.4, -0.2) is 38.0 Å². The lowest BCUT2D eigenvalue weighted by molar-refractivity contribution is -0.125. The predicted molar refractivity (Wildman–Crippen MR) is 136 cm³/mol. The first-order valence-electron chi connectivity index (χ1n) is 11.4. The van der Waals surface area contributed by atoms with Crippen molar-refractivity contribution in [1.29, 1.82) is 0 Å². The van der Waals surface area contributed by atoms with E-state index in [1.54, 1.807) is 38.6 Å². The van der Waals surface area contributed by atoms with E-state index in [1.807, 2.05) is 43.3 Å². The van der Waals surface area contributed by atoms with Crippen molar-refractivity contribution in [1.82, 2.24) is 19.0 Å². The van der Waals surface area contributed by atoms with Gasteiger partial charge in [0, 0.05) is 19.3 Å². The van der Waals surface area contributed by atoms with Crippen LogP contribution in [0.1, 0.15) is 23.6 Å². The molecule has 5 rings (SSSR count). The number of amides is 1. The molecule has 2 aromatic heterocycles. The van der Waals surface area contributed by atoms with Crippen LogP contribution in [0.25, 0.3) is 16.7 Å². The molecular formula is C27H25ClN4O3. The van der Waals surface area contributed by atoms with Gasteiger partial charge in [-0.05, 0) is 49.2 Å². The topological polar surface area (TPSA) is 69.4 Å². The molecule has 178 valence electrons. The van der Waals surface area contributed by atoms with Crippen LogP contribution in [0.5, 0.6) is 5.75 Å². The maximum atomic E-state index is 13.7. The Hall–Kier alpha value is -3.84. The van der Waals surface area contributed by atoms with E-state index in [9.17, 15) is 9.59 Å². The van der Waals surface area contributed by atoms with Crippen LogP contribution in [0, 0.1) is 6.92 Å². The molecule has 0 spiro atoms. The zero-order chi connectivity index (χ0) is 24.5. The van der Waals surface area contributed by atoms with Crippen molar-refractivity contribution in [2.45, 2.75) is 26.0 Å². The lowest BCUT2D eigenvalue weighted by Crippen LogP contribution is -2.31. The number of fused-ring (bicyclic) bond motifs is 1. The molecule has 1 amide bonds. The Labute approximate surface area is 207 Å². The number of aromatic nitrogens is 3. The molecule has 8 heteroatoms. The van der Waals surface area contributed by atoms with Crippen molar-refractivity contribution in [3.8, 4) is 11.4 Å². The highest BCUT2D eigenvalue weighted by molar-refractivity contribution is 6.32. The lowest BCUT2D eigenvalue weighted by Gasteiger charge is -2.15. The molecule has 1 aliphatic rings. The fourth-order valence-corrected chi connectivity index (χ4v) is 4.77. The van der Waals surface area contributed by atoms with Crippen molar-refractivity contribution in [2.75, 3.05) is 13.1 Å². The third-order valence-electron chi connectivity index (χ3n) is 6.38. The minimum absolute atomic E-state index is 0.126. The summed E-state index contributed by atoms with van der Waals surface area (Å²) in [5, 5.41) is 0.412. The van der Waals surface area contributed by atoms with Crippen LogP contribution >= 0.6 is 11.6 Å². The molecule has 0 N–H and O–H groups in total. The van der Waals surface area contributed by atoms with Gasteiger partial charge in [0.2, 0.25) is 5.91 Å². The summed E-state index contributed by atoms with van der Waals surface area (Å²) >= 11 is 6.56. The predicted octanol–water partition coefficient (Wildman–Crippen LogP) is 4.69. The molecule has 1 aliphatic heterocycles. The molecule has 1 fully saturated rings. The Morgan fingerprint density at radius 2 is 2.00 bits per heavy atom. The van der Waals surface area contributed by atoms with E-state index in [2.05, 4.69) is 11.6 Å². The van der Waals surface area contributed by atoms with Gasteiger partial charge in [0.15, 0.2) is 0 Å². The van der Waals surface area contributed by atoms with Crippen molar-refractivity contribution < 1.29 is 9.53 Å². The van der Waals surface area contributed by atoms with Gasteiger partial charge in [0.05, 0.1) is 34.0 Å². The molecule has 3 heterocycles. The summed E-state index contributed by atoms with van der Waals surface area (Å²) in [7, 11) is 0. The quantitative estimate of drug-likeness (QED) is 0.369. The second kappa shape index (κ2) is 9.43. The minimum atomic E-state index is -0.199. The first kappa shape index (κ1) is 22.9. The molecule has 1 atom stereocenters. The van der Waals surface area contributed by atoms with Gasteiger partial charge in [-0.3, -0.25) is 18.9 Å². The van der Waals surface area contributed by atoms with E-state index in [4.69, 9.17) is 16.3 Å². The first-order valence-corrected chi connectivity index (χ1v) is 11.8. The number of pyridine rings is 1. The number of nitrogens with zero attached hydrogens (tertiary/aromatic N) is 4. The highest BCUT2D eigenvalue weighted by Crippen LogP contribution is 2.30. The molecule has 0 saturated carbocycles. The van der Waals surface area contributed by atoms with Gasteiger partial charge >= 0.3 is 5.69 Å². The van der Waals surface area contributed by atoms with E-state index in [-0.39, 0.29) is 17.6 Å². The number of carbonyl (C=O) groups is 1. The van der Waals surface area contributed by atoms with Gasteiger partial charge in [-0.25, -0.2) is 4.79 Å². The number of rotatable bonds is 6. The number of hydrogen-bond donors (Lipinski definition) is 0. The molecule has 7 nitrogen and oxygen atoms in total. The van der Waals surface area contributed by atoms with Crippen molar-refractivity contribution in [3.05, 3.63) is 100 Å². The first-order chi connectivity index (χ1) is 17.0. The van der Waals surface area contributed by atoms with Gasteiger partial charge < -0.3 is 9.64 Å². The molecule has 0 unspecified atom stereocenters. The molecule has 2 aromatic carbocycles. The minimum Gasteiger partial charge on any atom is -0.487 e. The number of carbonyl (C=O) groups excluding carboxylic acids is 1. The van der Waals surface area contributed by atoms with E-state index < -0.39 is 0 Å². The van der Waals surface area contributed by atoms with Crippen molar-refractivity contribution in [3.63, 3.8) is 0 Å². The zero-order valence-corrected chi connectivity index (χ0v) is 20.1. The van der Waals surface area contributed by atoms with Crippen LogP contribution in [-0.2, 0) is 11.4 Å². The molecule has 0 radical (unpaired) electrons. The highest BCUT2D eigenvalue weighted by atomic mass is 35.5. The number of aryl methyl sites for hydroxylation is 1. The summed E-state index contributed by atoms with van der Waals surface area (Å²) in [5.74, 6) is 0.416. The Kier molecular flexibility index (Phi) is 6.17. The third kappa shape index (κ3) is 4.35. The normalized spacial score (nSPS) is 15.5. The second-order valence-electron chi connectivity index (χ2n) is 8.67. The third-order valence-corrected chi connectivity index (χ3v) is 6.67. The summed E-state index contributed by atoms with van der Waals surface area (Å²) in [5.41, 5.74) is 4.09. The standard InChI is InChI=1S/C27H25ClN4O3/c1-3-26(33)30-13-11-21(16-30)32-23-10-12-29-15-24(23)31(27(32)34)20-8-9-25(22(28)14-20)35-17-19-6-4-18(2)5-7-19/h3-10,12,14-15,21H,1,11,13,16-17H2,2H3/t21-/m1/s1. The molecule has 0 bridgehead atoms. The zero-order valence-electron chi connectivity index (χ0n) is 19.4. The average Bonchev–Trinajstić information content (AvgIpc) is 3.45. The molecule has 0 aliphatic carbocycles. The van der Waals surface area contributed by atoms with E-state index >= 15 is 0 Å². The Balaban J connectivity index is 1.47. The monoisotopic (exact) mass is 488 g/mol. The SMILES string of the molecule is C=CC(=O)N1CC[C@@H](n2c(=O)n(-c3ccc(OCc4ccc(C)cc4)c(Cl)c3)c3cnccc32)C1. The molecular weight excluding hydrogens is 464 g/mol. The summed E-state index contributed by atoms with van der Waals surface area (Å²) < 4.78 is 9.28. The lowest BCUT2D eigenvalue weighted by atomic mass is 10.2. The fourth-order valence-electron chi connectivity index (χ4n) is 4.54. The number of halogens is 1. The average molecular weight is 489 g/mol. The number of benzene rings is 2. The molecule has 1 saturated heterocycles. The number of hydrogen-bond acceptors (Lipinski definition) is 4. The van der Waals surface area contributed by atoms with Crippen LogP contribution in [0.4, 0.5) is 0 Å². The fraction of sp³-hybridized carbons (Fsp3) is 0.222. The van der Waals surface area contributed by atoms with Crippen LogP contribution in [0.2, 0.25) is 5.02 Å². The Bertz CT molecular complexity index is 1470. The maximum absolute atomic E-state index is 13.7. The van der Waals surface area contributed by atoms with Crippen LogP contribution in [0.15, 0.2) is 78.4 Å². The van der Waals surface area contributed by atoms with E-state index in [0.717, 1.165) is 11.1 Å². The van der Waals surface area contributed by atoms with Gasteiger partial charge in [-0.1, -0.05) is 48.0 Å². The van der Waals surface area contributed by atoms with Crippen LogP contribution < -0.4 is 10.4 Å². The summed E-state index contributed by atoms with van der Waals surface area (Å²) in [6, 6.07) is 15.1. The smallest absolute Gasteiger partial charge is 0.334 e. The molecule has 4 aromatic rings. The summed E-state index contributed by atoms with van der Waals surface area (Å²) in [6.07, 6.45) is 5.33. The number of likely N-dealkylation sites (tertiary alicyclic amines) is 1. The van der Waals surface area contributed by atoms with Gasteiger partial charge in [0.1, 0.15) is 12.4 Å². The second-order valence-corrected chi connectivity index (χ2v) is 9.08. The Morgan fingerprint density at radius 1 is 1.20 bits per heavy atom. The van der Waals surface area contributed by atoms with Gasteiger partial charge in [-0.15, -0.1) is 0 Å². The van der Waals surface area contributed by atoms with Crippen molar-refractivity contribution in [2.24, 2.45) is 0 Å². The largest absolute Gasteiger partial charge is 0.487 e. The van der Waals surface area contributed by atoms with Crippen molar-refractivity contribution >= 4 is 28.5 Å². The number of imidazole rings is 1. The highest BCUT2D eigenvalue weighted by Gasteiger charge is 2.30. The van der Waals surface area contributed by atoms with E-state index in [1.165, 1.54) is 11.6 Å².